The van der Waals surface area contributed by atoms with Crippen molar-refractivity contribution in [1.82, 2.24) is 0 Å². The van der Waals surface area contributed by atoms with Crippen LogP contribution in [0.25, 0.3) is 0 Å². The number of thiocarbonyl (C=S) groups is 1. The molecule has 0 aliphatic heterocycles. The number of aryl methyl sites for hydroxylation is 2. The second kappa shape index (κ2) is 5.45. The fourth-order valence-corrected chi connectivity index (χ4v) is 3.92. The van der Waals surface area contributed by atoms with Gasteiger partial charge in [0.15, 0.2) is 0 Å². The maximum atomic E-state index is 12.6. The van der Waals surface area contributed by atoms with Crippen LogP contribution >= 0.6 is 28.1 Å². The Hall–Kier alpha value is -0.940. The van der Waals surface area contributed by atoms with Crippen LogP contribution in [-0.2, 0) is 4.79 Å². The van der Waals surface area contributed by atoms with Gasteiger partial charge >= 0.3 is 0 Å². The van der Waals surface area contributed by atoms with Gasteiger partial charge in [-0.2, -0.15) is 0 Å². The lowest BCUT2D eigenvalue weighted by molar-refractivity contribution is -0.127. The van der Waals surface area contributed by atoms with Crippen molar-refractivity contribution in [3.05, 3.63) is 27.7 Å². The number of hydrogen-bond acceptors (Lipinski definition) is 2. The maximum absolute atomic E-state index is 12.6. The fraction of sp³-hybridized carbons (Fsp3) is 0.467. The van der Waals surface area contributed by atoms with Crippen molar-refractivity contribution in [1.29, 1.82) is 0 Å². The van der Waals surface area contributed by atoms with E-state index in [2.05, 4.69) is 28.2 Å². The predicted octanol–water partition coefficient (Wildman–Crippen LogP) is 3.71. The molecule has 1 aliphatic carbocycles. The van der Waals surface area contributed by atoms with Gasteiger partial charge in [0.05, 0.1) is 10.4 Å². The van der Waals surface area contributed by atoms with E-state index in [1.807, 2.05) is 26.0 Å². The van der Waals surface area contributed by atoms with Crippen LogP contribution in [0, 0.1) is 25.2 Å². The normalized spacial score (nSPS) is 24.9. The molecule has 5 heteroatoms. The molecule has 1 aromatic carbocycles. The zero-order valence-corrected chi connectivity index (χ0v) is 14.3. The molecule has 0 spiro atoms. The lowest BCUT2D eigenvalue weighted by Gasteiger charge is -2.44. The number of nitrogens with one attached hydrogen (secondary N) is 1. The zero-order valence-electron chi connectivity index (χ0n) is 11.9. The van der Waals surface area contributed by atoms with Gasteiger partial charge in [0.1, 0.15) is 0 Å². The van der Waals surface area contributed by atoms with Crippen LogP contribution in [-0.4, -0.2) is 10.9 Å². The molecule has 0 bridgehead atoms. The number of halogens is 1. The molecule has 1 saturated carbocycles. The Kier molecular flexibility index (Phi) is 4.21. The van der Waals surface area contributed by atoms with E-state index in [4.69, 9.17) is 18.0 Å². The molecule has 3 nitrogen and oxygen atoms in total. The topological polar surface area (TPSA) is 55.1 Å². The Bertz CT molecular complexity index is 556. The Balaban J connectivity index is 2.26. The first kappa shape index (κ1) is 15.4. The minimum Gasteiger partial charge on any atom is -0.392 e. The van der Waals surface area contributed by atoms with Crippen LogP contribution in [0.2, 0.25) is 0 Å². The average Bonchev–Trinajstić information content (AvgIpc) is 2.28. The van der Waals surface area contributed by atoms with Crippen molar-refractivity contribution < 1.29 is 4.79 Å². The van der Waals surface area contributed by atoms with Gasteiger partial charge in [0.2, 0.25) is 5.91 Å². The number of anilines is 1. The molecule has 0 radical (unpaired) electrons. The minimum atomic E-state index is -0.666. The summed E-state index contributed by atoms with van der Waals surface area (Å²) in [6.45, 7) is 6.06. The largest absolute Gasteiger partial charge is 0.392 e. The van der Waals surface area contributed by atoms with Gasteiger partial charge in [0.25, 0.3) is 0 Å². The van der Waals surface area contributed by atoms with E-state index in [0.29, 0.717) is 10.9 Å². The summed E-state index contributed by atoms with van der Waals surface area (Å²) in [7, 11) is 0. The quantitative estimate of drug-likeness (QED) is 0.813. The van der Waals surface area contributed by atoms with E-state index in [9.17, 15) is 4.79 Å². The molecule has 2 rings (SSSR count). The summed E-state index contributed by atoms with van der Waals surface area (Å²) in [4.78, 5) is 12.9. The standard InChI is InChI=1S/C15H19BrN2OS/c1-8-6-15(7-8,13(17)20)14(19)18-12-9(2)4-11(16)5-10(12)3/h4-5,8H,6-7H2,1-3H3,(H2,17,20)(H,18,19). The Morgan fingerprint density at radius 1 is 1.40 bits per heavy atom. The molecule has 0 aromatic heterocycles. The first-order chi connectivity index (χ1) is 9.26. The lowest BCUT2D eigenvalue weighted by atomic mass is 9.62. The molecule has 1 aliphatic rings. The van der Waals surface area contributed by atoms with E-state index in [0.717, 1.165) is 34.1 Å². The van der Waals surface area contributed by atoms with Gasteiger partial charge in [-0.05, 0) is 55.9 Å². The van der Waals surface area contributed by atoms with Crippen LogP contribution in [0.4, 0.5) is 5.69 Å². The van der Waals surface area contributed by atoms with Crippen molar-refractivity contribution in [2.75, 3.05) is 5.32 Å². The highest BCUT2D eigenvalue weighted by Gasteiger charge is 2.50. The average molecular weight is 355 g/mol. The minimum absolute atomic E-state index is 0.0726. The van der Waals surface area contributed by atoms with Gasteiger partial charge in [-0.25, -0.2) is 0 Å². The van der Waals surface area contributed by atoms with Crippen molar-refractivity contribution in [3.8, 4) is 0 Å². The van der Waals surface area contributed by atoms with Crippen molar-refractivity contribution in [2.24, 2.45) is 17.1 Å². The number of carbonyl (C=O) groups excluding carboxylic acids is 1. The lowest BCUT2D eigenvalue weighted by Crippen LogP contribution is -2.54. The highest BCUT2D eigenvalue weighted by Crippen LogP contribution is 2.46. The first-order valence-corrected chi connectivity index (χ1v) is 7.84. The molecule has 1 amide bonds. The molecule has 0 heterocycles. The molecule has 1 aromatic rings. The van der Waals surface area contributed by atoms with Crippen molar-refractivity contribution in [3.63, 3.8) is 0 Å². The smallest absolute Gasteiger partial charge is 0.237 e. The van der Waals surface area contributed by atoms with Gasteiger partial charge in [0, 0.05) is 10.2 Å². The van der Waals surface area contributed by atoms with Gasteiger partial charge in [-0.15, -0.1) is 0 Å². The molecule has 0 atom stereocenters. The molecular formula is C15H19BrN2OS. The molecule has 20 heavy (non-hydrogen) atoms. The third-order valence-electron chi connectivity index (χ3n) is 4.04. The molecule has 0 unspecified atom stereocenters. The summed E-state index contributed by atoms with van der Waals surface area (Å²) in [6, 6.07) is 3.97. The number of nitrogens with two attached hydrogens (primary N) is 1. The van der Waals surface area contributed by atoms with Crippen LogP contribution < -0.4 is 11.1 Å². The Labute approximate surface area is 133 Å². The third-order valence-corrected chi connectivity index (χ3v) is 4.88. The Morgan fingerprint density at radius 2 is 1.90 bits per heavy atom. The van der Waals surface area contributed by atoms with E-state index in [-0.39, 0.29) is 5.91 Å². The van der Waals surface area contributed by atoms with E-state index in [1.54, 1.807) is 0 Å². The fourth-order valence-electron chi connectivity index (χ4n) is 2.97. The van der Waals surface area contributed by atoms with Crippen LogP contribution in [0.3, 0.4) is 0 Å². The molecular weight excluding hydrogens is 336 g/mol. The van der Waals surface area contributed by atoms with Crippen LogP contribution in [0.1, 0.15) is 30.9 Å². The van der Waals surface area contributed by atoms with Crippen molar-refractivity contribution in [2.45, 2.75) is 33.6 Å². The highest BCUT2D eigenvalue weighted by molar-refractivity contribution is 9.10. The summed E-state index contributed by atoms with van der Waals surface area (Å²) < 4.78 is 1.01. The molecule has 1 fully saturated rings. The van der Waals surface area contributed by atoms with Crippen LogP contribution in [0.15, 0.2) is 16.6 Å². The summed E-state index contributed by atoms with van der Waals surface area (Å²) in [5, 5.41) is 3.02. The summed E-state index contributed by atoms with van der Waals surface area (Å²) in [5.74, 6) is 0.422. The maximum Gasteiger partial charge on any atom is 0.237 e. The Morgan fingerprint density at radius 3 is 2.30 bits per heavy atom. The number of rotatable bonds is 3. The van der Waals surface area contributed by atoms with Gasteiger partial charge in [-0.3, -0.25) is 4.79 Å². The number of hydrogen-bond donors (Lipinski definition) is 2. The number of benzene rings is 1. The first-order valence-electron chi connectivity index (χ1n) is 6.64. The van der Waals surface area contributed by atoms with E-state index in [1.165, 1.54) is 0 Å². The van der Waals surface area contributed by atoms with Crippen molar-refractivity contribution >= 4 is 44.7 Å². The summed E-state index contributed by atoms with van der Waals surface area (Å²) >= 11 is 8.58. The zero-order chi connectivity index (χ0) is 15.1. The molecule has 3 N–H and O–H groups in total. The second-order valence-electron chi connectivity index (χ2n) is 5.83. The SMILES string of the molecule is Cc1cc(Br)cc(C)c1NC(=O)C1(C(N)=S)CC(C)C1. The summed E-state index contributed by atoms with van der Waals surface area (Å²) in [6.07, 6.45) is 1.48. The molecule has 0 saturated heterocycles. The highest BCUT2D eigenvalue weighted by atomic mass is 79.9. The van der Waals surface area contributed by atoms with E-state index < -0.39 is 5.41 Å². The van der Waals surface area contributed by atoms with Gasteiger partial charge < -0.3 is 11.1 Å². The molecule has 108 valence electrons. The predicted molar refractivity (Wildman–Crippen MR) is 89.9 cm³/mol. The number of carbonyl (C=O) groups is 1. The summed E-state index contributed by atoms with van der Waals surface area (Å²) in [5.41, 5.74) is 8.05. The van der Waals surface area contributed by atoms with Gasteiger partial charge in [-0.1, -0.05) is 35.1 Å². The van der Waals surface area contributed by atoms with E-state index >= 15 is 0 Å². The monoisotopic (exact) mass is 354 g/mol. The third kappa shape index (κ3) is 2.61. The van der Waals surface area contributed by atoms with Crippen LogP contribution in [0.5, 0.6) is 0 Å². The number of amides is 1. The second-order valence-corrected chi connectivity index (χ2v) is 7.18.